The van der Waals surface area contributed by atoms with Gasteiger partial charge in [0.1, 0.15) is 34.0 Å². The predicted octanol–water partition coefficient (Wildman–Crippen LogP) is 11.3. The van der Waals surface area contributed by atoms with Crippen molar-refractivity contribution in [3.8, 4) is 22.3 Å². The van der Waals surface area contributed by atoms with Crippen LogP contribution in [0.25, 0.3) is 66.1 Å². The largest absolute Gasteiger partial charge is 0.456 e. The normalized spacial score (nSPS) is 14.6. The van der Waals surface area contributed by atoms with E-state index in [0.717, 1.165) is 88.9 Å². The maximum absolute atomic E-state index is 6.62. The van der Waals surface area contributed by atoms with Crippen LogP contribution in [0.1, 0.15) is 22.9 Å². The van der Waals surface area contributed by atoms with Crippen molar-refractivity contribution in [3.63, 3.8) is 0 Å². The molecule has 0 saturated heterocycles. The van der Waals surface area contributed by atoms with Gasteiger partial charge in [0.05, 0.1) is 0 Å². The van der Waals surface area contributed by atoms with Gasteiger partial charge in [-0.2, -0.15) is 0 Å². The third-order valence-electron chi connectivity index (χ3n) is 9.57. The number of hydrogen-bond donors (Lipinski definition) is 1. The zero-order valence-electron chi connectivity index (χ0n) is 26.9. The van der Waals surface area contributed by atoms with Crippen molar-refractivity contribution in [2.75, 3.05) is 0 Å². The summed E-state index contributed by atoms with van der Waals surface area (Å²) in [5.41, 5.74) is 10.9. The summed E-state index contributed by atoms with van der Waals surface area (Å²) in [5, 5.41) is 7.85. The molecule has 0 fully saturated rings. The quantitative estimate of drug-likeness (QED) is 0.203. The SMILES string of the molecule is c1ccc(C2=NC(c3cccc4c3oc3ccc(-c5ccc6oc7ccccc7c6c5)cc34)N=C(c3ccc(-c4ccccc4)cc3)N2)cc1. The zero-order valence-corrected chi connectivity index (χ0v) is 26.9. The fourth-order valence-electron chi connectivity index (χ4n) is 7.04. The Morgan fingerprint density at radius 1 is 0.380 bits per heavy atom. The van der Waals surface area contributed by atoms with Gasteiger partial charge in [0.2, 0.25) is 0 Å². The van der Waals surface area contributed by atoms with E-state index in [2.05, 4.69) is 133 Å². The summed E-state index contributed by atoms with van der Waals surface area (Å²) in [6.45, 7) is 0. The van der Waals surface area contributed by atoms with Crippen molar-refractivity contribution in [1.82, 2.24) is 5.32 Å². The average Bonchev–Trinajstić information content (AvgIpc) is 3.76. The minimum Gasteiger partial charge on any atom is -0.456 e. The molecule has 3 heterocycles. The van der Waals surface area contributed by atoms with Crippen LogP contribution in [-0.4, -0.2) is 11.7 Å². The first-order valence-electron chi connectivity index (χ1n) is 16.8. The minimum atomic E-state index is -0.504. The first-order chi connectivity index (χ1) is 24.7. The van der Waals surface area contributed by atoms with Crippen LogP contribution in [0.3, 0.4) is 0 Å². The molecule has 50 heavy (non-hydrogen) atoms. The van der Waals surface area contributed by atoms with Crippen LogP contribution in [0.15, 0.2) is 183 Å². The molecule has 0 radical (unpaired) electrons. The molecular formula is C45H29N3O2. The summed E-state index contributed by atoms with van der Waals surface area (Å²) in [5.74, 6) is 1.53. The molecule has 5 heteroatoms. The molecule has 1 aliphatic heterocycles. The number of para-hydroxylation sites is 2. The van der Waals surface area contributed by atoms with Crippen LogP contribution in [0, 0.1) is 0 Å². The van der Waals surface area contributed by atoms with Gasteiger partial charge in [-0.05, 0) is 52.6 Å². The number of hydrogen-bond acceptors (Lipinski definition) is 5. The van der Waals surface area contributed by atoms with Crippen LogP contribution >= 0.6 is 0 Å². The molecule has 236 valence electrons. The lowest BCUT2D eigenvalue weighted by Crippen LogP contribution is -2.36. The minimum absolute atomic E-state index is 0.504. The molecule has 1 aliphatic rings. The number of amidine groups is 2. The molecule has 2 aromatic heterocycles. The third kappa shape index (κ3) is 4.79. The van der Waals surface area contributed by atoms with Crippen molar-refractivity contribution in [2.24, 2.45) is 9.98 Å². The van der Waals surface area contributed by atoms with E-state index in [4.69, 9.17) is 18.8 Å². The van der Waals surface area contributed by atoms with Crippen molar-refractivity contribution >= 4 is 55.5 Å². The maximum atomic E-state index is 6.62. The molecule has 0 bridgehead atoms. The summed E-state index contributed by atoms with van der Waals surface area (Å²) in [7, 11) is 0. The fourth-order valence-corrected chi connectivity index (χ4v) is 7.04. The molecule has 0 saturated carbocycles. The molecule has 1 unspecified atom stereocenters. The number of nitrogens with one attached hydrogen (secondary N) is 1. The topological polar surface area (TPSA) is 63.0 Å². The highest BCUT2D eigenvalue weighted by atomic mass is 16.3. The number of nitrogens with zero attached hydrogens (tertiary/aromatic N) is 2. The number of furan rings is 2. The lowest BCUT2D eigenvalue weighted by atomic mass is 10.00. The van der Waals surface area contributed by atoms with Crippen molar-refractivity contribution < 1.29 is 8.83 Å². The predicted molar refractivity (Wildman–Crippen MR) is 204 cm³/mol. The van der Waals surface area contributed by atoms with Gasteiger partial charge in [0, 0.05) is 38.2 Å². The second-order valence-corrected chi connectivity index (χ2v) is 12.6. The van der Waals surface area contributed by atoms with Gasteiger partial charge in [0.25, 0.3) is 0 Å². The Hall–Kier alpha value is -6.72. The summed E-state index contributed by atoms with van der Waals surface area (Å²) < 4.78 is 12.7. The molecule has 5 nitrogen and oxygen atoms in total. The molecule has 0 aliphatic carbocycles. The molecular weight excluding hydrogens is 615 g/mol. The van der Waals surface area contributed by atoms with Crippen LogP contribution < -0.4 is 5.32 Å². The molecule has 9 aromatic rings. The Bertz CT molecular complexity index is 2770. The molecule has 0 spiro atoms. The number of benzene rings is 7. The Labute approximate surface area is 287 Å². The molecule has 7 aromatic carbocycles. The lowest BCUT2D eigenvalue weighted by molar-refractivity contribution is 0.649. The van der Waals surface area contributed by atoms with Gasteiger partial charge in [0.15, 0.2) is 6.17 Å². The highest BCUT2D eigenvalue weighted by Crippen LogP contribution is 2.39. The molecule has 0 amide bonds. The lowest BCUT2D eigenvalue weighted by Gasteiger charge is -2.22. The van der Waals surface area contributed by atoms with E-state index in [1.165, 1.54) is 5.56 Å². The van der Waals surface area contributed by atoms with E-state index in [1.54, 1.807) is 0 Å². The first-order valence-corrected chi connectivity index (χ1v) is 16.8. The van der Waals surface area contributed by atoms with E-state index < -0.39 is 6.17 Å². The van der Waals surface area contributed by atoms with Crippen LogP contribution in [0.4, 0.5) is 0 Å². The van der Waals surface area contributed by atoms with Gasteiger partial charge in [-0.15, -0.1) is 0 Å². The Morgan fingerprint density at radius 3 is 1.60 bits per heavy atom. The average molecular weight is 644 g/mol. The first kappa shape index (κ1) is 28.3. The highest BCUT2D eigenvalue weighted by Gasteiger charge is 2.24. The number of aliphatic imine (C=N–C) groups is 2. The van der Waals surface area contributed by atoms with E-state index in [9.17, 15) is 0 Å². The Morgan fingerprint density at radius 2 is 0.880 bits per heavy atom. The second kappa shape index (κ2) is 11.5. The van der Waals surface area contributed by atoms with Gasteiger partial charge in [-0.1, -0.05) is 133 Å². The monoisotopic (exact) mass is 643 g/mol. The maximum Gasteiger partial charge on any atom is 0.173 e. The standard InChI is InChI=1S/C45H29N3O2/c1-3-10-28(11-4-1)29-18-20-31(21-19-29)44-46-43(30-12-5-2-6-13-30)47-45(48-44)36-16-9-15-35-38-27-33(23-25-41(38)50-42(35)36)32-22-24-40-37(26-32)34-14-7-8-17-39(34)49-40/h1-27,45H,(H,46,47,48). The third-order valence-corrected chi connectivity index (χ3v) is 9.57. The summed E-state index contributed by atoms with van der Waals surface area (Å²) in [4.78, 5) is 10.3. The Kier molecular flexibility index (Phi) is 6.49. The molecule has 1 atom stereocenters. The number of rotatable bonds is 5. The van der Waals surface area contributed by atoms with Gasteiger partial charge >= 0.3 is 0 Å². The van der Waals surface area contributed by atoms with Crippen LogP contribution in [0.5, 0.6) is 0 Å². The van der Waals surface area contributed by atoms with E-state index in [-0.39, 0.29) is 0 Å². The summed E-state index contributed by atoms with van der Waals surface area (Å²) in [6, 6.07) is 56.4. The van der Waals surface area contributed by atoms with Crippen molar-refractivity contribution in [3.05, 3.63) is 180 Å². The number of fused-ring (bicyclic) bond motifs is 6. The highest BCUT2D eigenvalue weighted by molar-refractivity contribution is 6.16. The van der Waals surface area contributed by atoms with E-state index >= 15 is 0 Å². The summed E-state index contributed by atoms with van der Waals surface area (Å²) >= 11 is 0. The smallest absolute Gasteiger partial charge is 0.173 e. The van der Waals surface area contributed by atoms with Gasteiger partial charge in [-0.25, -0.2) is 9.98 Å². The van der Waals surface area contributed by atoms with Crippen molar-refractivity contribution in [1.29, 1.82) is 0 Å². The molecule has 1 N–H and O–H groups in total. The van der Waals surface area contributed by atoms with Crippen LogP contribution in [0.2, 0.25) is 0 Å². The summed E-state index contributed by atoms with van der Waals surface area (Å²) in [6.07, 6.45) is -0.504. The van der Waals surface area contributed by atoms with Crippen LogP contribution in [-0.2, 0) is 0 Å². The fraction of sp³-hybridized carbons (Fsp3) is 0.0222. The van der Waals surface area contributed by atoms with E-state index in [0.29, 0.717) is 0 Å². The molecule has 10 rings (SSSR count). The van der Waals surface area contributed by atoms with E-state index in [1.807, 2.05) is 36.4 Å². The Balaban J connectivity index is 1.07. The zero-order chi connectivity index (χ0) is 33.0. The van der Waals surface area contributed by atoms with Gasteiger partial charge in [-0.3, -0.25) is 0 Å². The van der Waals surface area contributed by atoms with Gasteiger partial charge < -0.3 is 14.2 Å². The van der Waals surface area contributed by atoms with Crippen molar-refractivity contribution in [2.45, 2.75) is 6.17 Å². The second-order valence-electron chi connectivity index (χ2n) is 12.6.